The lowest BCUT2D eigenvalue weighted by atomic mass is 10.2. The van der Waals surface area contributed by atoms with Crippen LogP contribution in [-0.4, -0.2) is 37.0 Å². The normalized spacial score (nSPS) is 11.0. The molecule has 0 saturated heterocycles. The maximum Gasteiger partial charge on any atom is 0.321 e. The Morgan fingerprint density at radius 3 is 2.62 bits per heavy atom. The third-order valence-electron chi connectivity index (χ3n) is 3.16. The molecule has 118 valence electrons. The van der Waals surface area contributed by atoms with E-state index in [4.69, 9.17) is 5.73 Å². The summed E-state index contributed by atoms with van der Waals surface area (Å²) < 4.78 is 0. The monoisotopic (exact) mass is 314 g/mol. The summed E-state index contributed by atoms with van der Waals surface area (Å²) in [6.45, 7) is 2.25. The highest BCUT2D eigenvalue weighted by atomic mass is 35.5. The van der Waals surface area contributed by atoms with Crippen LogP contribution in [0.2, 0.25) is 0 Å². The molecule has 1 atom stereocenters. The number of carbonyl (C=O) groups excluding carboxylic acids is 2. The molecule has 0 heterocycles. The number of amides is 3. The standard InChI is InChI=1S/C14H22N4O2.ClH/c1-10(7-13(19)16-2)18(3)14(20)17-12-6-4-5-11(8-12)9-15;/h4-6,8,10H,7,9,15H2,1-3H3,(H,16,19)(H,17,20);1H. The predicted molar refractivity (Wildman–Crippen MR) is 86.5 cm³/mol. The molecule has 0 aliphatic carbocycles. The van der Waals surface area contributed by atoms with E-state index in [0.717, 1.165) is 5.56 Å². The van der Waals surface area contributed by atoms with Crippen LogP contribution < -0.4 is 16.4 Å². The van der Waals surface area contributed by atoms with Crippen molar-refractivity contribution >= 4 is 30.0 Å². The molecule has 0 aromatic heterocycles. The number of nitrogens with zero attached hydrogens (tertiary/aromatic N) is 1. The molecule has 6 nitrogen and oxygen atoms in total. The van der Waals surface area contributed by atoms with Gasteiger partial charge in [0.25, 0.3) is 0 Å². The van der Waals surface area contributed by atoms with Crippen molar-refractivity contribution in [1.82, 2.24) is 10.2 Å². The molecule has 3 amide bonds. The molecule has 0 bridgehead atoms. The quantitative estimate of drug-likeness (QED) is 0.770. The number of hydrogen-bond donors (Lipinski definition) is 3. The van der Waals surface area contributed by atoms with E-state index in [1.807, 2.05) is 25.1 Å². The summed E-state index contributed by atoms with van der Waals surface area (Å²) in [5.41, 5.74) is 7.20. The molecule has 21 heavy (non-hydrogen) atoms. The van der Waals surface area contributed by atoms with Crippen molar-refractivity contribution in [2.24, 2.45) is 5.73 Å². The van der Waals surface area contributed by atoms with Crippen LogP contribution in [0.5, 0.6) is 0 Å². The van der Waals surface area contributed by atoms with Crippen molar-refractivity contribution in [3.05, 3.63) is 29.8 Å². The topological polar surface area (TPSA) is 87.5 Å². The number of halogens is 1. The van der Waals surface area contributed by atoms with Crippen LogP contribution >= 0.6 is 12.4 Å². The SMILES string of the molecule is CNC(=O)CC(C)N(C)C(=O)Nc1cccc(CN)c1.Cl. The van der Waals surface area contributed by atoms with Crippen LogP contribution in [0.4, 0.5) is 10.5 Å². The Morgan fingerprint density at radius 1 is 1.38 bits per heavy atom. The second-order valence-corrected chi connectivity index (χ2v) is 4.67. The van der Waals surface area contributed by atoms with E-state index in [1.165, 1.54) is 4.90 Å². The summed E-state index contributed by atoms with van der Waals surface area (Å²) in [5, 5.41) is 5.33. The van der Waals surface area contributed by atoms with Gasteiger partial charge >= 0.3 is 6.03 Å². The zero-order valence-corrected chi connectivity index (χ0v) is 13.4. The van der Waals surface area contributed by atoms with E-state index in [1.54, 1.807) is 20.2 Å². The summed E-state index contributed by atoms with van der Waals surface area (Å²) in [6, 6.07) is 6.92. The van der Waals surface area contributed by atoms with Gasteiger partial charge in [-0.1, -0.05) is 12.1 Å². The van der Waals surface area contributed by atoms with Gasteiger partial charge in [-0.25, -0.2) is 4.79 Å². The van der Waals surface area contributed by atoms with Crippen molar-refractivity contribution in [1.29, 1.82) is 0 Å². The van der Waals surface area contributed by atoms with Crippen molar-refractivity contribution < 1.29 is 9.59 Å². The third-order valence-corrected chi connectivity index (χ3v) is 3.16. The average molecular weight is 315 g/mol. The fraction of sp³-hybridized carbons (Fsp3) is 0.429. The van der Waals surface area contributed by atoms with Gasteiger partial charge in [0.2, 0.25) is 5.91 Å². The Hall–Kier alpha value is -1.79. The van der Waals surface area contributed by atoms with Gasteiger partial charge in [0.1, 0.15) is 0 Å². The molecule has 1 rings (SSSR count). The maximum atomic E-state index is 12.1. The van der Waals surface area contributed by atoms with Crippen LogP contribution in [0.25, 0.3) is 0 Å². The van der Waals surface area contributed by atoms with E-state index in [0.29, 0.717) is 12.2 Å². The zero-order chi connectivity index (χ0) is 15.1. The van der Waals surface area contributed by atoms with Gasteiger partial charge in [-0.15, -0.1) is 12.4 Å². The molecule has 0 spiro atoms. The van der Waals surface area contributed by atoms with E-state index < -0.39 is 0 Å². The Morgan fingerprint density at radius 2 is 2.05 bits per heavy atom. The fourth-order valence-electron chi connectivity index (χ4n) is 1.70. The molecule has 1 unspecified atom stereocenters. The van der Waals surface area contributed by atoms with E-state index >= 15 is 0 Å². The highest BCUT2D eigenvalue weighted by molar-refractivity contribution is 5.89. The Balaban J connectivity index is 0.00000400. The minimum Gasteiger partial charge on any atom is -0.359 e. The van der Waals surface area contributed by atoms with Crippen LogP contribution in [-0.2, 0) is 11.3 Å². The van der Waals surface area contributed by atoms with Crippen LogP contribution in [0.1, 0.15) is 18.9 Å². The second kappa shape index (κ2) is 9.20. The summed E-state index contributed by atoms with van der Waals surface area (Å²) >= 11 is 0. The van der Waals surface area contributed by atoms with Gasteiger partial charge in [0.15, 0.2) is 0 Å². The molecule has 0 fully saturated rings. The highest BCUT2D eigenvalue weighted by Crippen LogP contribution is 2.12. The summed E-state index contributed by atoms with van der Waals surface area (Å²) in [5.74, 6) is -0.0951. The molecule has 0 aliphatic heterocycles. The van der Waals surface area contributed by atoms with E-state index in [9.17, 15) is 9.59 Å². The summed E-state index contributed by atoms with van der Waals surface area (Å²) in [6.07, 6.45) is 0.267. The number of anilines is 1. The van der Waals surface area contributed by atoms with Gasteiger partial charge in [0, 0.05) is 38.8 Å². The number of hydrogen-bond acceptors (Lipinski definition) is 3. The molecule has 7 heteroatoms. The highest BCUT2D eigenvalue weighted by Gasteiger charge is 2.18. The van der Waals surface area contributed by atoms with Crippen LogP contribution in [0, 0.1) is 0 Å². The van der Waals surface area contributed by atoms with Crippen molar-refractivity contribution in [2.75, 3.05) is 19.4 Å². The molecular formula is C14H23ClN4O2. The second-order valence-electron chi connectivity index (χ2n) is 4.67. The fourth-order valence-corrected chi connectivity index (χ4v) is 1.70. The first-order chi connectivity index (χ1) is 9.47. The lowest BCUT2D eigenvalue weighted by Crippen LogP contribution is -2.40. The minimum absolute atomic E-state index is 0. The zero-order valence-electron chi connectivity index (χ0n) is 12.6. The van der Waals surface area contributed by atoms with Crippen molar-refractivity contribution in [2.45, 2.75) is 25.9 Å². The van der Waals surface area contributed by atoms with Gasteiger partial charge in [0.05, 0.1) is 0 Å². The van der Waals surface area contributed by atoms with Gasteiger partial charge in [-0.3, -0.25) is 4.79 Å². The maximum absolute atomic E-state index is 12.1. The lowest BCUT2D eigenvalue weighted by Gasteiger charge is -2.24. The first-order valence-corrected chi connectivity index (χ1v) is 6.51. The van der Waals surface area contributed by atoms with Gasteiger partial charge < -0.3 is 21.3 Å². The molecule has 0 radical (unpaired) electrons. The smallest absolute Gasteiger partial charge is 0.321 e. The van der Waals surface area contributed by atoms with Gasteiger partial charge in [-0.2, -0.15) is 0 Å². The van der Waals surface area contributed by atoms with E-state index in [2.05, 4.69) is 10.6 Å². The molecule has 0 saturated carbocycles. The Kier molecular flexibility index (Phi) is 8.42. The number of nitrogens with two attached hydrogens (primary N) is 1. The molecular weight excluding hydrogens is 292 g/mol. The Labute approximate surface area is 131 Å². The Bertz CT molecular complexity index is 482. The predicted octanol–water partition coefficient (Wildman–Crippen LogP) is 1.56. The molecule has 1 aromatic carbocycles. The average Bonchev–Trinajstić information content (AvgIpc) is 2.46. The molecule has 0 aliphatic rings. The van der Waals surface area contributed by atoms with Crippen molar-refractivity contribution in [3.63, 3.8) is 0 Å². The molecule has 1 aromatic rings. The van der Waals surface area contributed by atoms with E-state index in [-0.39, 0.29) is 36.8 Å². The van der Waals surface area contributed by atoms with Gasteiger partial charge in [-0.05, 0) is 24.6 Å². The number of nitrogens with one attached hydrogen (secondary N) is 2. The summed E-state index contributed by atoms with van der Waals surface area (Å²) in [7, 11) is 3.24. The largest absolute Gasteiger partial charge is 0.359 e. The number of carbonyl (C=O) groups is 2. The lowest BCUT2D eigenvalue weighted by molar-refractivity contribution is -0.121. The van der Waals surface area contributed by atoms with Crippen molar-refractivity contribution in [3.8, 4) is 0 Å². The number of rotatable bonds is 5. The summed E-state index contributed by atoms with van der Waals surface area (Å²) in [4.78, 5) is 24.9. The molecule has 4 N–H and O–H groups in total. The number of benzene rings is 1. The number of urea groups is 1. The first-order valence-electron chi connectivity index (χ1n) is 6.51. The minimum atomic E-state index is -0.254. The first kappa shape index (κ1) is 19.2. The van der Waals surface area contributed by atoms with Crippen LogP contribution in [0.15, 0.2) is 24.3 Å². The van der Waals surface area contributed by atoms with Crippen LogP contribution in [0.3, 0.4) is 0 Å². The third kappa shape index (κ3) is 6.01.